The van der Waals surface area contributed by atoms with E-state index in [0.717, 1.165) is 17.8 Å². The van der Waals surface area contributed by atoms with E-state index in [2.05, 4.69) is 10.9 Å². The minimum atomic E-state index is 0.396. The van der Waals surface area contributed by atoms with Gasteiger partial charge in [-0.1, -0.05) is 36.0 Å². The average molecular weight is 294 g/mol. The van der Waals surface area contributed by atoms with Gasteiger partial charge in [0.25, 0.3) is 0 Å². The molecule has 0 aliphatic rings. The van der Waals surface area contributed by atoms with E-state index in [-0.39, 0.29) is 0 Å². The van der Waals surface area contributed by atoms with Gasteiger partial charge in [0.05, 0.1) is 11.6 Å². The van der Waals surface area contributed by atoms with Crippen LogP contribution in [0.5, 0.6) is 0 Å². The smallest absolute Gasteiger partial charge is 0.132 e. The molecular weight excluding hydrogens is 281 g/mol. The van der Waals surface area contributed by atoms with Crippen LogP contribution < -0.4 is 5.73 Å². The zero-order valence-corrected chi connectivity index (χ0v) is 12.0. The summed E-state index contributed by atoms with van der Waals surface area (Å²) >= 11 is 12.1. The van der Waals surface area contributed by atoms with Crippen molar-refractivity contribution in [1.82, 2.24) is 9.55 Å². The maximum atomic E-state index is 6.19. The Balaban J connectivity index is 2.60. The highest BCUT2D eigenvalue weighted by molar-refractivity contribution is 6.36. The molecule has 19 heavy (non-hydrogen) atoms. The van der Waals surface area contributed by atoms with Crippen molar-refractivity contribution in [2.45, 2.75) is 19.9 Å². The van der Waals surface area contributed by atoms with E-state index < -0.39 is 0 Å². The molecule has 0 fully saturated rings. The van der Waals surface area contributed by atoms with Crippen LogP contribution in [0.25, 0.3) is 11.3 Å². The van der Waals surface area contributed by atoms with E-state index in [1.54, 1.807) is 12.1 Å². The van der Waals surface area contributed by atoms with Crippen LogP contribution in [0.15, 0.2) is 18.2 Å². The van der Waals surface area contributed by atoms with Gasteiger partial charge in [-0.25, -0.2) is 4.98 Å². The maximum Gasteiger partial charge on any atom is 0.132 e. The Bertz CT molecular complexity index is 653. The number of nitrogens with two attached hydrogens (primary N) is 1. The lowest BCUT2D eigenvalue weighted by Crippen LogP contribution is -2.05. The van der Waals surface area contributed by atoms with Crippen molar-refractivity contribution in [1.29, 1.82) is 0 Å². The first-order chi connectivity index (χ1) is 9.08. The molecule has 1 aromatic carbocycles. The van der Waals surface area contributed by atoms with E-state index in [0.29, 0.717) is 28.1 Å². The SMILES string of the molecule is C#CCn1c(CC)nc(-c2ccc(Cl)cc2Cl)c1N. The molecule has 0 bridgehead atoms. The van der Waals surface area contributed by atoms with Gasteiger partial charge in [0.15, 0.2) is 0 Å². The van der Waals surface area contributed by atoms with Gasteiger partial charge >= 0.3 is 0 Å². The molecule has 0 radical (unpaired) electrons. The van der Waals surface area contributed by atoms with E-state index in [1.807, 2.05) is 17.6 Å². The van der Waals surface area contributed by atoms with Crippen LogP contribution in [0.3, 0.4) is 0 Å². The Morgan fingerprint density at radius 2 is 2.16 bits per heavy atom. The molecule has 98 valence electrons. The Morgan fingerprint density at radius 1 is 1.42 bits per heavy atom. The van der Waals surface area contributed by atoms with Crippen molar-refractivity contribution in [2.75, 3.05) is 5.73 Å². The molecule has 5 heteroatoms. The van der Waals surface area contributed by atoms with Gasteiger partial charge in [-0.3, -0.25) is 0 Å². The number of aromatic nitrogens is 2. The fraction of sp³-hybridized carbons (Fsp3) is 0.214. The van der Waals surface area contributed by atoms with E-state index in [1.165, 1.54) is 0 Å². The molecule has 0 amide bonds. The Kier molecular flexibility index (Phi) is 4.04. The van der Waals surface area contributed by atoms with Crippen molar-refractivity contribution in [3.8, 4) is 23.6 Å². The third kappa shape index (κ3) is 2.56. The standard InChI is InChI=1S/C14H13Cl2N3/c1-3-7-19-12(4-2)18-13(14(19)17)10-6-5-9(15)8-11(10)16/h1,5-6,8H,4,7,17H2,2H3. The lowest BCUT2D eigenvalue weighted by Gasteiger charge is -2.05. The van der Waals surface area contributed by atoms with Crippen LogP contribution in [-0.2, 0) is 13.0 Å². The van der Waals surface area contributed by atoms with Crippen molar-refractivity contribution < 1.29 is 0 Å². The molecule has 0 saturated heterocycles. The van der Waals surface area contributed by atoms with Crippen LogP contribution in [0.2, 0.25) is 10.0 Å². The highest BCUT2D eigenvalue weighted by atomic mass is 35.5. The number of anilines is 1. The van der Waals surface area contributed by atoms with Crippen molar-refractivity contribution in [3.05, 3.63) is 34.1 Å². The first kappa shape index (κ1) is 13.8. The average Bonchev–Trinajstić information content (AvgIpc) is 2.68. The number of halogens is 2. The monoisotopic (exact) mass is 293 g/mol. The highest BCUT2D eigenvalue weighted by Crippen LogP contribution is 2.33. The number of imidazole rings is 1. The zero-order valence-electron chi connectivity index (χ0n) is 10.5. The first-order valence-corrected chi connectivity index (χ1v) is 6.57. The summed E-state index contributed by atoms with van der Waals surface area (Å²) in [5.74, 6) is 3.95. The van der Waals surface area contributed by atoms with Crippen LogP contribution in [0, 0.1) is 12.3 Å². The number of terminal acetylenes is 1. The van der Waals surface area contributed by atoms with Crippen LogP contribution in [-0.4, -0.2) is 9.55 Å². The zero-order chi connectivity index (χ0) is 14.0. The second-order valence-corrected chi connectivity index (χ2v) is 4.87. The Labute approximate surface area is 122 Å². The minimum Gasteiger partial charge on any atom is -0.383 e. The van der Waals surface area contributed by atoms with Crippen LogP contribution >= 0.6 is 23.2 Å². The van der Waals surface area contributed by atoms with Crippen molar-refractivity contribution in [3.63, 3.8) is 0 Å². The largest absolute Gasteiger partial charge is 0.383 e. The summed E-state index contributed by atoms with van der Waals surface area (Å²) in [6.45, 7) is 2.40. The predicted octanol–water partition coefficient (Wildman–Crippen LogP) is 3.63. The first-order valence-electron chi connectivity index (χ1n) is 5.82. The normalized spacial score (nSPS) is 10.4. The quantitative estimate of drug-likeness (QED) is 0.878. The molecule has 1 heterocycles. The summed E-state index contributed by atoms with van der Waals surface area (Å²) in [4.78, 5) is 4.52. The Morgan fingerprint density at radius 3 is 2.74 bits per heavy atom. The van der Waals surface area contributed by atoms with Gasteiger partial charge < -0.3 is 10.3 Å². The fourth-order valence-electron chi connectivity index (χ4n) is 1.93. The summed E-state index contributed by atoms with van der Waals surface area (Å²) in [7, 11) is 0. The fourth-order valence-corrected chi connectivity index (χ4v) is 2.43. The lowest BCUT2D eigenvalue weighted by molar-refractivity contribution is 0.769. The van der Waals surface area contributed by atoms with Crippen molar-refractivity contribution in [2.24, 2.45) is 0 Å². The van der Waals surface area contributed by atoms with Crippen LogP contribution in [0.1, 0.15) is 12.7 Å². The highest BCUT2D eigenvalue weighted by Gasteiger charge is 2.16. The van der Waals surface area contributed by atoms with Gasteiger partial charge in [0, 0.05) is 17.0 Å². The van der Waals surface area contributed by atoms with Crippen LogP contribution in [0.4, 0.5) is 5.82 Å². The predicted molar refractivity (Wildman–Crippen MR) is 80.3 cm³/mol. The Hall–Kier alpha value is -1.63. The number of hydrogen-bond donors (Lipinski definition) is 1. The van der Waals surface area contributed by atoms with E-state index in [9.17, 15) is 0 Å². The summed E-state index contributed by atoms with van der Waals surface area (Å²) in [6, 6.07) is 5.24. The van der Waals surface area contributed by atoms with Gasteiger partial charge in [-0.15, -0.1) is 6.42 Å². The van der Waals surface area contributed by atoms with Gasteiger partial charge in [-0.05, 0) is 18.2 Å². The maximum absolute atomic E-state index is 6.19. The molecule has 2 rings (SSSR count). The molecule has 3 nitrogen and oxygen atoms in total. The molecule has 0 saturated carbocycles. The van der Waals surface area contributed by atoms with Gasteiger partial charge in [0.1, 0.15) is 17.3 Å². The molecular formula is C14H13Cl2N3. The minimum absolute atomic E-state index is 0.396. The molecule has 0 spiro atoms. The summed E-state index contributed by atoms with van der Waals surface area (Å²) in [6.07, 6.45) is 6.10. The molecule has 0 aliphatic heterocycles. The summed E-state index contributed by atoms with van der Waals surface area (Å²) in [5, 5.41) is 1.10. The lowest BCUT2D eigenvalue weighted by atomic mass is 10.1. The third-order valence-corrected chi connectivity index (χ3v) is 3.39. The number of benzene rings is 1. The second kappa shape index (κ2) is 5.56. The van der Waals surface area contributed by atoms with Gasteiger partial charge in [-0.2, -0.15) is 0 Å². The van der Waals surface area contributed by atoms with Crippen molar-refractivity contribution >= 4 is 29.0 Å². The topological polar surface area (TPSA) is 43.8 Å². The number of hydrogen-bond acceptors (Lipinski definition) is 2. The molecule has 0 aliphatic carbocycles. The van der Waals surface area contributed by atoms with Gasteiger partial charge in [0.2, 0.25) is 0 Å². The molecule has 0 unspecified atom stereocenters. The number of rotatable bonds is 3. The molecule has 2 aromatic rings. The number of nitrogens with zero attached hydrogens (tertiary/aromatic N) is 2. The summed E-state index contributed by atoms with van der Waals surface area (Å²) < 4.78 is 1.82. The number of nitrogen functional groups attached to an aromatic ring is 1. The molecule has 0 atom stereocenters. The second-order valence-electron chi connectivity index (χ2n) is 4.03. The molecule has 2 N–H and O–H groups in total. The van der Waals surface area contributed by atoms with E-state index in [4.69, 9.17) is 35.4 Å². The molecule has 1 aromatic heterocycles. The third-order valence-electron chi connectivity index (χ3n) is 2.84. The number of aryl methyl sites for hydroxylation is 1. The van der Waals surface area contributed by atoms with E-state index >= 15 is 0 Å². The summed E-state index contributed by atoms with van der Waals surface area (Å²) in [5.41, 5.74) is 7.52.